The van der Waals surface area contributed by atoms with Crippen LogP contribution in [0.5, 0.6) is 5.75 Å². The second kappa shape index (κ2) is 10.3. The molecule has 23 heavy (non-hydrogen) atoms. The topological polar surface area (TPSA) is 65.3 Å². The molecule has 2 unspecified atom stereocenters. The molecule has 126 valence electrons. The fourth-order valence-corrected chi connectivity index (χ4v) is 3.21. The molecule has 0 saturated heterocycles. The van der Waals surface area contributed by atoms with Gasteiger partial charge in [-0.2, -0.15) is 5.26 Å². The number of aliphatic hydroxyl groups excluding tert-OH is 1. The Kier molecular flexibility index (Phi) is 7.92. The summed E-state index contributed by atoms with van der Waals surface area (Å²) in [5.74, 6) is 1.24. The van der Waals surface area contributed by atoms with Crippen LogP contribution in [-0.2, 0) is 6.54 Å². The number of ether oxygens (including phenoxy) is 1. The molecule has 0 heterocycles. The van der Waals surface area contributed by atoms with Gasteiger partial charge in [-0.25, -0.2) is 0 Å². The van der Waals surface area contributed by atoms with E-state index in [0.29, 0.717) is 25.0 Å². The number of nitrogens with zero attached hydrogens (tertiary/aromatic N) is 1. The number of hydrogen-bond acceptors (Lipinski definition) is 4. The molecule has 0 amide bonds. The summed E-state index contributed by atoms with van der Waals surface area (Å²) < 4.78 is 5.68. The van der Waals surface area contributed by atoms with Gasteiger partial charge in [-0.3, -0.25) is 0 Å². The van der Waals surface area contributed by atoms with E-state index < -0.39 is 0 Å². The van der Waals surface area contributed by atoms with Crippen molar-refractivity contribution in [3.63, 3.8) is 0 Å². The van der Waals surface area contributed by atoms with Crippen molar-refractivity contribution in [3.8, 4) is 11.8 Å². The molecule has 0 spiro atoms. The Labute approximate surface area is 139 Å². The SMILES string of the molecule is N#CCCCOc1cccc(CNC2CCCCCC2CO)c1. The van der Waals surface area contributed by atoms with Crippen molar-refractivity contribution in [1.82, 2.24) is 5.32 Å². The highest BCUT2D eigenvalue weighted by molar-refractivity contribution is 5.28. The fourth-order valence-electron chi connectivity index (χ4n) is 3.21. The molecular formula is C19H28N2O2. The van der Waals surface area contributed by atoms with Crippen LogP contribution >= 0.6 is 0 Å². The molecule has 0 bridgehead atoms. The van der Waals surface area contributed by atoms with Gasteiger partial charge < -0.3 is 15.2 Å². The van der Waals surface area contributed by atoms with E-state index in [4.69, 9.17) is 10.00 Å². The predicted molar refractivity (Wildman–Crippen MR) is 91.1 cm³/mol. The normalized spacial score (nSPS) is 21.4. The summed E-state index contributed by atoms with van der Waals surface area (Å²) in [4.78, 5) is 0. The van der Waals surface area contributed by atoms with Crippen LogP contribution in [0.2, 0.25) is 0 Å². The van der Waals surface area contributed by atoms with Crippen LogP contribution in [0.25, 0.3) is 0 Å². The maximum absolute atomic E-state index is 9.59. The minimum absolute atomic E-state index is 0.277. The van der Waals surface area contributed by atoms with Crippen molar-refractivity contribution in [2.45, 2.75) is 57.5 Å². The Morgan fingerprint density at radius 1 is 1.26 bits per heavy atom. The second-order valence-electron chi connectivity index (χ2n) is 6.33. The van der Waals surface area contributed by atoms with Crippen LogP contribution in [0, 0.1) is 17.2 Å². The Hall–Kier alpha value is -1.57. The largest absolute Gasteiger partial charge is 0.494 e. The zero-order valence-electron chi connectivity index (χ0n) is 13.8. The monoisotopic (exact) mass is 316 g/mol. The van der Waals surface area contributed by atoms with Gasteiger partial charge in [-0.1, -0.05) is 31.4 Å². The highest BCUT2D eigenvalue weighted by Crippen LogP contribution is 2.23. The first-order valence-corrected chi connectivity index (χ1v) is 8.76. The summed E-state index contributed by atoms with van der Waals surface area (Å²) >= 11 is 0. The Morgan fingerprint density at radius 3 is 2.96 bits per heavy atom. The van der Waals surface area contributed by atoms with Gasteiger partial charge >= 0.3 is 0 Å². The molecule has 4 heteroatoms. The molecule has 0 aromatic heterocycles. The summed E-state index contributed by atoms with van der Waals surface area (Å²) in [5.41, 5.74) is 1.20. The highest BCUT2D eigenvalue weighted by atomic mass is 16.5. The van der Waals surface area contributed by atoms with Crippen LogP contribution in [0.1, 0.15) is 50.5 Å². The minimum atomic E-state index is 0.277. The molecule has 1 aromatic rings. The second-order valence-corrected chi connectivity index (χ2v) is 6.33. The van der Waals surface area contributed by atoms with Gasteiger partial charge in [0.15, 0.2) is 0 Å². The number of unbranched alkanes of at least 4 members (excludes halogenated alkanes) is 1. The zero-order chi connectivity index (χ0) is 16.3. The Balaban J connectivity index is 1.83. The lowest BCUT2D eigenvalue weighted by atomic mass is 9.95. The van der Waals surface area contributed by atoms with E-state index >= 15 is 0 Å². The third kappa shape index (κ3) is 6.21. The lowest BCUT2D eigenvalue weighted by Crippen LogP contribution is -2.36. The molecule has 2 N–H and O–H groups in total. The summed E-state index contributed by atoms with van der Waals surface area (Å²) in [6.07, 6.45) is 7.32. The van der Waals surface area contributed by atoms with Crippen LogP contribution in [-0.4, -0.2) is 24.4 Å². The summed E-state index contributed by atoms with van der Waals surface area (Å²) in [6.45, 7) is 1.66. The molecule has 1 aliphatic carbocycles. The summed E-state index contributed by atoms with van der Waals surface area (Å²) in [6, 6.07) is 10.7. The standard InChI is InChI=1S/C19H28N2O2/c20-11-4-5-12-23-18-9-6-7-16(13-18)14-21-19-10-3-1-2-8-17(19)15-22/h6-7,9,13,17,19,21-22H,1-5,8,10,12,14-15H2. The molecule has 0 radical (unpaired) electrons. The van der Waals surface area contributed by atoms with Crippen molar-refractivity contribution in [2.24, 2.45) is 5.92 Å². The fraction of sp³-hybridized carbons (Fsp3) is 0.632. The first kappa shape index (κ1) is 17.8. The van der Waals surface area contributed by atoms with E-state index in [1.165, 1.54) is 24.8 Å². The molecule has 2 rings (SSSR count). The molecular weight excluding hydrogens is 288 g/mol. The third-order valence-electron chi connectivity index (χ3n) is 4.56. The van der Waals surface area contributed by atoms with Crippen molar-refractivity contribution < 1.29 is 9.84 Å². The van der Waals surface area contributed by atoms with Gasteiger partial charge in [0.2, 0.25) is 0 Å². The summed E-state index contributed by atoms with van der Waals surface area (Å²) in [5, 5.41) is 21.7. The van der Waals surface area contributed by atoms with Gasteiger partial charge in [0.1, 0.15) is 5.75 Å². The van der Waals surface area contributed by atoms with E-state index in [2.05, 4.69) is 23.5 Å². The molecule has 1 aliphatic rings. The van der Waals surface area contributed by atoms with Crippen LogP contribution in [0.4, 0.5) is 0 Å². The predicted octanol–water partition coefficient (Wildman–Crippen LogP) is 3.40. The van der Waals surface area contributed by atoms with Crippen LogP contribution in [0.15, 0.2) is 24.3 Å². The van der Waals surface area contributed by atoms with Crippen LogP contribution < -0.4 is 10.1 Å². The smallest absolute Gasteiger partial charge is 0.119 e. The number of aliphatic hydroxyl groups is 1. The molecule has 1 saturated carbocycles. The number of hydrogen-bond donors (Lipinski definition) is 2. The third-order valence-corrected chi connectivity index (χ3v) is 4.56. The minimum Gasteiger partial charge on any atom is -0.494 e. The van der Waals surface area contributed by atoms with E-state index in [1.54, 1.807) is 0 Å². The van der Waals surface area contributed by atoms with Gasteiger partial charge in [-0.05, 0) is 42.9 Å². The van der Waals surface area contributed by atoms with Crippen molar-refractivity contribution in [2.75, 3.05) is 13.2 Å². The molecule has 4 nitrogen and oxygen atoms in total. The van der Waals surface area contributed by atoms with E-state index in [0.717, 1.165) is 31.6 Å². The maximum Gasteiger partial charge on any atom is 0.119 e. The van der Waals surface area contributed by atoms with Crippen molar-refractivity contribution in [3.05, 3.63) is 29.8 Å². The average molecular weight is 316 g/mol. The highest BCUT2D eigenvalue weighted by Gasteiger charge is 2.22. The van der Waals surface area contributed by atoms with Crippen molar-refractivity contribution in [1.29, 1.82) is 5.26 Å². The lowest BCUT2D eigenvalue weighted by Gasteiger charge is -2.24. The van der Waals surface area contributed by atoms with Crippen molar-refractivity contribution >= 4 is 0 Å². The number of nitrogens with one attached hydrogen (secondary N) is 1. The van der Waals surface area contributed by atoms with E-state index in [-0.39, 0.29) is 6.61 Å². The van der Waals surface area contributed by atoms with E-state index in [1.807, 2.05) is 12.1 Å². The zero-order valence-corrected chi connectivity index (χ0v) is 13.8. The molecule has 1 fully saturated rings. The first-order valence-electron chi connectivity index (χ1n) is 8.76. The number of rotatable bonds is 8. The first-order chi connectivity index (χ1) is 11.3. The maximum atomic E-state index is 9.59. The lowest BCUT2D eigenvalue weighted by molar-refractivity contribution is 0.181. The Morgan fingerprint density at radius 2 is 2.13 bits per heavy atom. The number of benzene rings is 1. The average Bonchev–Trinajstić information content (AvgIpc) is 2.82. The van der Waals surface area contributed by atoms with Gasteiger partial charge in [0, 0.05) is 25.6 Å². The van der Waals surface area contributed by atoms with Gasteiger partial charge in [0.25, 0.3) is 0 Å². The molecule has 2 atom stereocenters. The van der Waals surface area contributed by atoms with Gasteiger partial charge in [-0.15, -0.1) is 0 Å². The molecule has 0 aliphatic heterocycles. The quantitative estimate of drug-likeness (QED) is 0.570. The van der Waals surface area contributed by atoms with Gasteiger partial charge in [0.05, 0.1) is 12.7 Å². The van der Waals surface area contributed by atoms with E-state index in [9.17, 15) is 5.11 Å². The molecule has 1 aromatic carbocycles. The Bertz CT molecular complexity index is 498. The summed E-state index contributed by atoms with van der Waals surface area (Å²) in [7, 11) is 0. The van der Waals surface area contributed by atoms with Crippen LogP contribution in [0.3, 0.4) is 0 Å². The number of nitriles is 1.